The van der Waals surface area contributed by atoms with E-state index in [9.17, 15) is 9.13 Å². The molecule has 0 saturated carbocycles. The zero-order valence-electron chi connectivity index (χ0n) is 22.8. The van der Waals surface area contributed by atoms with E-state index in [0.29, 0.717) is 22.3 Å². The highest BCUT2D eigenvalue weighted by Gasteiger charge is 2.67. The lowest BCUT2D eigenvalue weighted by Crippen LogP contribution is -2.47. The summed E-state index contributed by atoms with van der Waals surface area (Å²) in [4.78, 5) is 25.1. The second-order valence-corrected chi connectivity index (χ2v) is 15.1. The Morgan fingerprint density at radius 1 is 0.822 bits per heavy atom. The van der Waals surface area contributed by atoms with Crippen molar-refractivity contribution in [2.75, 3.05) is 37.9 Å². The van der Waals surface area contributed by atoms with Gasteiger partial charge in [0.05, 0.1) is 39.1 Å². The van der Waals surface area contributed by atoms with Gasteiger partial charge in [-0.25, -0.2) is 34.5 Å². The molecule has 4 aromatic heterocycles. The maximum atomic E-state index is 13.8. The Labute approximate surface area is 257 Å². The number of hydrogen-bond donors (Lipinski definition) is 3. The fourth-order valence-electron chi connectivity index (χ4n) is 6.57. The molecule has 0 aromatic carbocycles. The number of aromatic nitrogens is 8. The predicted molar refractivity (Wildman–Crippen MR) is 152 cm³/mol. The van der Waals surface area contributed by atoms with E-state index in [1.807, 2.05) is 0 Å². The van der Waals surface area contributed by atoms with Crippen molar-refractivity contribution >= 4 is 61.3 Å². The zero-order chi connectivity index (χ0) is 30.7. The largest absolute Gasteiger partial charge is 0.386 e. The Balaban J connectivity index is 1.03. The molecule has 238 valence electrons. The number of nitrogens with zero attached hydrogens (tertiary/aromatic N) is 8. The summed E-state index contributed by atoms with van der Waals surface area (Å²) in [6.45, 7) is -4.88. The topological polar surface area (TPSA) is 247 Å². The highest BCUT2D eigenvalue weighted by atomic mass is 32.7. The third-order valence-electron chi connectivity index (χ3n) is 8.65. The molecule has 0 amide bonds. The lowest BCUT2D eigenvalue weighted by molar-refractivity contribution is -0.186. The Hall–Kier alpha value is -2.81. The molecule has 10 atom stereocenters. The van der Waals surface area contributed by atoms with E-state index in [0.717, 1.165) is 0 Å². The van der Waals surface area contributed by atoms with E-state index in [4.69, 9.17) is 48.5 Å². The highest BCUT2D eigenvalue weighted by Crippen LogP contribution is 2.62. The zero-order valence-corrected chi connectivity index (χ0v) is 25.6. The lowest BCUT2D eigenvalue weighted by atomic mass is 10.0. The van der Waals surface area contributed by atoms with Crippen molar-refractivity contribution in [3.05, 3.63) is 25.3 Å². The van der Waals surface area contributed by atoms with Crippen LogP contribution in [0.25, 0.3) is 22.3 Å². The molecule has 9 rings (SSSR count). The number of anilines is 2. The Kier molecular flexibility index (Phi) is 6.22. The van der Waals surface area contributed by atoms with Crippen LogP contribution in [-0.4, -0.2) is 101 Å². The van der Waals surface area contributed by atoms with Crippen molar-refractivity contribution in [1.29, 1.82) is 0 Å². The molecule has 45 heavy (non-hydrogen) atoms. The highest BCUT2D eigenvalue weighted by molar-refractivity contribution is 8.44. The molecule has 4 aromatic rings. The molecule has 0 radical (unpaired) electrons. The van der Waals surface area contributed by atoms with Gasteiger partial charge in [0.1, 0.15) is 59.3 Å². The summed E-state index contributed by atoms with van der Waals surface area (Å²) >= 11 is 4.29. The van der Waals surface area contributed by atoms with Gasteiger partial charge in [0.15, 0.2) is 35.4 Å². The van der Waals surface area contributed by atoms with Gasteiger partial charge in [0, 0.05) is 0 Å². The molecule has 23 heteroatoms. The van der Waals surface area contributed by atoms with Gasteiger partial charge in [-0.2, -0.15) is 0 Å². The Bertz CT molecular complexity index is 1930. The average molecular weight is 683 g/mol. The molecule has 5 saturated heterocycles. The summed E-state index contributed by atoms with van der Waals surface area (Å²) in [7, 11) is -3.22. The van der Waals surface area contributed by atoms with Gasteiger partial charge in [-0.05, 0) is 0 Å². The third-order valence-corrected chi connectivity index (χ3v) is 11.1. The Morgan fingerprint density at radius 2 is 1.38 bits per heavy atom. The van der Waals surface area contributed by atoms with Crippen LogP contribution >= 0.6 is 27.3 Å². The molecule has 9 heterocycles. The Morgan fingerprint density at radius 3 is 1.98 bits per heavy atom. The fraction of sp³-hybridized carbons (Fsp3) is 0.545. The average Bonchev–Trinajstić information content (AvgIpc) is 3.86. The first kappa shape index (κ1) is 28.4. The van der Waals surface area contributed by atoms with Crippen LogP contribution in [0.5, 0.6) is 0 Å². The molecule has 0 spiro atoms. The van der Waals surface area contributed by atoms with Crippen LogP contribution in [-0.2, 0) is 46.2 Å². The maximum Gasteiger partial charge on any atom is 0.386 e. The van der Waals surface area contributed by atoms with E-state index < -0.39 is 63.1 Å². The van der Waals surface area contributed by atoms with Gasteiger partial charge in [0.25, 0.3) is 0 Å². The standard InChI is InChI=1S/C22H24N10O10P2S/c23-15-9-17(27-5-25-15)31(7-29-9)19-11-13-22(40-19,2-35-11)4-38-44(34,45)42-14-12-20(32-8-30-10-16(24)26-6-28-18(10)32)39-21(14,1-36-12)3-37-43(33)41-13/h5-8,11-14,19-20,43H,1-4H2,(H,34,45)(H2,23,25,27)(H2,24,26,28)/t11-,12-,13+,14+,19-,20-,21-,22-,44-/m1/s1. The number of nitrogen functional groups attached to an aromatic ring is 2. The first-order valence-electron chi connectivity index (χ1n) is 13.6. The maximum absolute atomic E-state index is 13.8. The molecule has 4 bridgehead atoms. The van der Waals surface area contributed by atoms with Crippen LogP contribution in [0.1, 0.15) is 12.5 Å². The fourth-order valence-corrected chi connectivity index (χ4v) is 9.07. The van der Waals surface area contributed by atoms with Gasteiger partial charge < -0.3 is 39.5 Å². The van der Waals surface area contributed by atoms with Gasteiger partial charge in [0.2, 0.25) is 0 Å². The monoisotopic (exact) mass is 682 g/mol. The SMILES string of the molecule is Nc1ncnc2c1ncn2[C@@H]1O[C@@]23CO[C@@H]1[C@@H]2O[PH](=O)OC[C@@]12CO[C@@H]([C@H](n4cnc5c(N)ncnc54)O1)[C@@H]2O[P@](=O)(S)OC3. The van der Waals surface area contributed by atoms with Crippen LogP contribution in [0, 0.1) is 0 Å². The summed E-state index contributed by atoms with van der Waals surface area (Å²) in [5.74, 6) is 0.368. The van der Waals surface area contributed by atoms with Crippen LogP contribution in [0.15, 0.2) is 25.3 Å². The van der Waals surface area contributed by atoms with Crippen molar-refractivity contribution in [2.24, 2.45) is 0 Å². The predicted octanol–water partition coefficient (Wildman–Crippen LogP) is 0.408. The summed E-state index contributed by atoms with van der Waals surface area (Å²) in [6, 6.07) is 0. The molecule has 5 aliphatic heterocycles. The number of imidazole rings is 2. The number of nitrogens with two attached hydrogens (primary N) is 2. The number of thiol groups is 1. The number of ether oxygens (including phenoxy) is 4. The number of fused-ring (bicyclic) bond motifs is 2. The van der Waals surface area contributed by atoms with E-state index in [-0.39, 0.29) is 38.1 Å². The minimum absolute atomic E-state index is 0.0332. The van der Waals surface area contributed by atoms with Gasteiger partial charge in [-0.3, -0.25) is 22.7 Å². The van der Waals surface area contributed by atoms with Crippen molar-refractivity contribution in [2.45, 2.75) is 48.1 Å². The van der Waals surface area contributed by atoms with Crippen molar-refractivity contribution in [1.82, 2.24) is 39.0 Å². The van der Waals surface area contributed by atoms with E-state index in [1.54, 1.807) is 9.13 Å². The van der Waals surface area contributed by atoms with Crippen LogP contribution in [0.3, 0.4) is 0 Å². The normalized spacial score (nSPS) is 41.2. The molecule has 5 aliphatic rings. The first-order valence-corrected chi connectivity index (χ1v) is 17.5. The summed E-state index contributed by atoms with van der Waals surface area (Å²) in [5, 5.41) is 0. The summed E-state index contributed by atoms with van der Waals surface area (Å²) < 4.78 is 79.0. The molecule has 1 unspecified atom stereocenters. The molecule has 0 aliphatic carbocycles. The van der Waals surface area contributed by atoms with Gasteiger partial charge in [-0.1, -0.05) is 12.2 Å². The molecule has 5 fully saturated rings. The first-order chi connectivity index (χ1) is 21.7. The van der Waals surface area contributed by atoms with Crippen LogP contribution < -0.4 is 11.5 Å². The second kappa shape index (κ2) is 9.85. The van der Waals surface area contributed by atoms with Gasteiger partial charge in [-0.15, -0.1) is 0 Å². The third kappa shape index (κ3) is 4.17. The molecular weight excluding hydrogens is 658 g/mol. The van der Waals surface area contributed by atoms with Crippen molar-refractivity contribution < 1.29 is 46.2 Å². The van der Waals surface area contributed by atoms with E-state index in [2.05, 4.69) is 42.2 Å². The van der Waals surface area contributed by atoms with Crippen molar-refractivity contribution in [3.8, 4) is 0 Å². The quantitative estimate of drug-likeness (QED) is 0.191. The lowest BCUT2D eigenvalue weighted by Gasteiger charge is -2.34. The summed E-state index contributed by atoms with van der Waals surface area (Å²) in [6.07, 6.45) is 0.200. The van der Waals surface area contributed by atoms with Gasteiger partial charge >= 0.3 is 15.1 Å². The smallest absolute Gasteiger partial charge is 0.382 e. The number of rotatable bonds is 2. The van der Waals surface area contributed by atoms with E-state index in [1.165, 1.54) is 25.3 Å². The molecule has 20 nitrogen and oxygen atoms in total. The van der Waals surface area contributed by atoms with Crippen LogP contribution in [0.4, 0.5) is 11.6 Å². The summed E-state index contributed by atoms with van der Waals surface area (Å²) in [5.41, 5.74) is 10.7. The minimum Gasteiger partial charge on any atom is -0.382 e. The molecule has 4 N–H and O–H groups in total. The van der Waals surface area contributed by atoms with E-state index >= 15 is 0 Å². The second-order valence-electron chi connectivity index (χ2n) is 11.2. The molecular formula is C22H24N10O10P2S. The van der Waals surface area contributed by atoms with Crippen molar-refractivity contribution in [3.63, 3.8) is 0 Å². The number of hydrogen-bond acceptors (Lipinski definition) is 18. The van der Waals surface area contributed by atoms with Crippen LogP contribution in [0.2, 0.25) is 0 Å². The minimum atomic E-state index is -4.14.